The van der Waals surface area contributed by atoms with Gasteiger partial charge in [-0.1, -0.05) is 0 Å². The van der Waals surface area contributed by atoms with E-state index in [0.717, 1.165) is 25.9 Å². The van der Waals surface area contributed by atoms with Crippen LogP contribution in [-0.2, 0) is 0 Å². The van der Waals surface area contributed by atoms with Crippen LogP contribution in [0.25, 0.3) is 0 Å². The van der Waals surface area contributed by atoms with Gasteiger partial charge < -0.3 is 24.8 Å². The van der Waals surface area contributed by atoms with E-state index in [9.17, 15) is 4.79 Å². The van der Waals surface area contributed by atoms with Gasteiger partial charge in [-0.15, -0.1) is 12.4 Å². The molecule has 1 fully saturated rings. The number of amides is 1. The maximum atomic E-state index is 12.8. The fourth-order valence-corrected chi connectivity index (χ4v) is 2.97. The van der Waals surface area contributed by atoms with Crippen LogP contribution in [-0.4, -0.2) is 44.4 Å². The van der Waals surface area contributed by atoms with Crippen molar-refractivity contribution in [2.24, 2.45) is 0 Å². The summed E-state index contributed by atoms with van der Waals surface area (Å²) in [6.07, 6.45) is 1.82. The van der Waals surface area contributed by atoms with Crippen LogP contribution in [0.1, 0.15) is 50.9 Å². The number of nitrogens with one attached hydrogen (secondary N) is 2. The van der Waals surface area contributed by atoms with E-state index in [-0.39, 0.29) is 23.9 Å². The van der Waals surface area contributed by atoms with E-state index < -0.39 is 0 Å². The zero-order valence-electron chi connectivity index (χ0n) is 16.1. The molecular weight excluding hydrogens is 356 g/mol. The first-order valence-electron chi connectivity index (χ1n) is 9.12. The summed E-state index contributed by atoms with van der Waals surface area (Å²) in [5.74, 6) is 1.51. The molecular formula is C19H31ClN2O4. The molecule has 0 aliphatic carbocycles. The van der Waals surface area contributed by atoms with Gasteiger partial charge in [-0.25, -0.2) is 0 Å². The van der Waals surface area contributed by atoms with Gasteiger partial charge in [-0.2, -0.15) is 0 Å². The Morgan fingerprint density at radius 2 is 1.54 bits per heavy atom. The first-order chi connectivity index (χ1) is 12.0. The maximum absolute atomic E-state index is 12.8. The van der Waals surface area contributed by atoms with Crippen molar-refractivity contribution >= 4 is 18.3 Å². The third-order valence-corrected chi connectivity index (χ3v) is 4.29. The average molecular weight is 387 g/mol. The highest BCUT2D eigenvalue weighted by molar-refractivity contribution is 5.96. The Labute approximate surface area is 162 Å². The van der Waals surface area contributed by atoms with Gasteiger partial charge in [-0.05, 0) is 65.8 Å². The highest BCUT2D eigenvalue weighted by Crippen LogP contribution is 2.39. The van der Waals surface area contributed by atoms with Crippen molar-refractivity contribution in [3.8, 4) is 17.2 Å². The summed E-state index contributed by atoms with van der Waals surface area (Å²) < 4.78 is 17.1. The number of piperidine rings is 1. The molecule has 0 radical (unpaired) electrons. The molecule has 6 nitrogen and oxygen atoms in total. The molecule has 26 heavy (non-hydrogen) atoms. The van der Waals surface area contributed by atoms with E-state index in [2.05, 4.69) is 17.6 Å². The third-order valence-electron chi connectivity index (χ3n) is 4.29. The number of halogens is 1. The molecule has 0 aromatic heterocycles. The van der Waals surface area contributed by atoms with Crippen LogP contribution in [0.3, 0.4) is 0 Å². The molecule has 7 heteroatoms. The summed E-state index contributed by atoms with van der Waals surface area (Å²) in [5.41, 5.74) is 0.327. The normalized spacial score (nSPS) is 15.5. The highest BCUT2D eigenvalue weighted by atomic mass is 35.5. The summed E-state index contributed by atoms with van der Waals surface area (Å²) in [6, 6.07) is 3.47. The quantitative estimate of drug-likeness (QED) is 0.718. The minimum atomic E-state index is -0.196. The molecule has 0 spiro atoms. The van der Waals surface area contributed by atoms with Gasteiger partial charge in [0.1, 0.15) is 0 Å². The number of carbonyl (C=O) groups is 1. The zero-order chi connectivity index (χ0) is 18.3. The second-order valence-corrected chi connectivity index (χ2v) is 6.37. The lowest BCUT2D eigenvalue weighted by Crippen LogP contribution is -2.52. The first-order valence-corrected chi connectivity index (χ1v) is 9.12. The Morgan fingerprint density at radius 3 is 2.00 bits per heavy atom. The molecule has 2 N–H and O–H groups in total. The fourth-order valence-electron chi connectivity index (χ4n) is 2.97. The van der Waals surface area contributed by atoms with Crippen molar-refractivity contribution in [3.63, 3.8) is 0 Å². The van der Waals surface area contributed by atoms with E-state index in [0.29, 0.717) is 42.6 Å². The van der Waals surface area contributed by atoms with Crippen LogP contribution in [0.4, 0.5) is 0 Å². The number of benzene rings is 1. The van der Waals surface area contributed by atoms with E-state index in [1.165, 1.54) is 0 Å². The number of hydrogen-bond donors (Lipinski definition) is 2. The van der Waals surface area contributed by atoms with Gasteiger partial charge in [0.15, 0.2) is 11.5 Å². The maximum Gasteiger partial charge on any atom is 0.251 e. The van der Waals surface area contributed by atoms with Gasteiger partial charge in [0.05, 0.1) is 19.8 Å². The van der Waals surface area contributed by atoms with Crippen molar-refractivity contribution in [3.05, 3.63) is 17.7 Å². The molecule has 2 rings (SSSR count). The molecule has 0 atom stereocenters. The van der Waals surface area contributed by atoms with Crippen molar-refractivity contribution in [1.29, 1.82) is 0 Å². The van der Waals surface area contributed by atoms with Crippen molar-refractivity contribution in [2.75, 3.05) is 32.9 Å². The van der Waals surface area contributed by atoms with Gasteiger partial charge >= 0.3 is 0 Å². The second-order valence-electron chi connectivity index (χ2n) is 6.37. The molecule has 1 amide bonds. The zero-order valence-corrected chi connectivity index (χ0v) is 17.0. The van der Waals surface area contributed by atoms with E-state index in [1.807, 2.05) is 20.8 Å². The molecule has 0 bridgehead atoms. The van der Waals surface area contributed by atoms with E-state index in [4.69, 9.17) is 14.2 Å². The van der Waals surface area contributed by atoms with E-state index in [1.54, 1.807) is 12.1 Å². The lowest BCUT2D eigenvalue weighted by Gasteiger charge is -2.35. The predicted molar refractivity (Wildman–Crippen MR) is 105 cm³/mol. The summed E-state index contributed by atoms with van der Waals surface area (Å²) in [6.45, 7) is 11.1. The Bertz CT molecular complexity index is 562. The van der Waals surface area contributed by atoms with Gasteiger partial charge in [0, 0.05) is 11.1 Å². The first kappa shape index (κ1) is 22.4. The van der Waals surface area contributed by atoms with Gasteiger partial charge in [0.2, 0.25) is 5.75 Å². The molecule has 148 valence electrons. The van der Waals surface area contributed by atoms with Crippen LogP contribution in [0.5, 0.6) is 17.2 Å². The lowest BCUT2D eigenvalue weighted by atomic mass is 9.90. The van der Waals surface area contributed by atoms with E-state index >= 15 is 0 Å². The fraction of sp³-hybridized carbons (Fsp3) is 0.632. The molecule has 1 aliphatic heterocycles. The Morgan fingerprint density at radius 1 is 1.04 bits per heavy atom. The number of hydrogen-bond acceptors (Lipinski definition) is 5. The summed E-state index contributed by atoms with van der Waals surface area (Å²) in [7, 11) is 0. The summed E-state index contributed by atoms with van der Waals surface area (Å²) >= 11 is 0. The van der Waals surface area contributed by atoms with Gasteiger partial charge in [0.25, 0.3) is 5.91 Å². The standard InChI is InChI=1S/C19H30N2O4.ClH/c1-5-23-15-12-14(13-16(24-6-2)17(15)25-7-3)18(22)21-19(4)8-10-20-11-9-19;/h12-13,20H,5-11H2,1-4H3,(H,21,22);1H. The second kappa shape index (κ2) is 10.5. The topological polar surface area (TPSA) is 68.8 Å². The number of carbonyl (C=O) groups excluding carboxylic acids is 1. The molecule has 1 saturated heterocycles. The van der Waals surface area contributed by atoms with Crippen LogP contribution < -0.4 is 24.8 Å². The smallest absolute Gasteiger partial charge is 0.251 e. The Balaban J connectivity index is 0.00000338. The summed E-state index contributed by atoms with van der Waals surface area (Å²) in [4.78, 5) is 12.8. The molecule has 0 unspecified atom stereocenters. The van der Waals surface area contributed by atoms with Crippen LogP contribution in [0.15, 0.2) is 12.1 Å². The highest BCUT2D eigenvalue weighted by Gasteiger charge is 2.29. The molecule has 1 aromatic carbocycles. The molecule has 0 saturated carbocycles. The molecule has 1 heterocycles. The summed E-state index contributed by atoms with van der Waals surface area (Å²) in [5, 5.41) is 6.49. The monoisotopic (exact) mass is 386 g/mol. The largest absolute Gasteiger partial charge is 0.490 e. The lowest BCUT2D eigenvalue weighted by molar-refractivity contribution is 0.0886. The van der Waals surface area contributed by atoms with Crippen LogP contribution in [0.2, 0.25) is 0 Å². The molecule has 1 aromatic rings. The minimum Gasteiger partial charge on any atom is -0.490 e. The molecule has 1 aliphatic rings. The van der Waals surface area contributed by atoms with Crippen molar-refractivity contribution in [2.45, 2.75) is 46.1 Å². The Kier molecular flexibility index (Phi) is 9.02. The number of rotatable bonds is 8. The third kappa shape index (κ3) is 5.68. The van der Waals surface area contributed by atoms with Crippen molar-refractivity contribution in [1.82, 2.24) is 10.6 Å². The van der Waals surface area contributed by atoms with Crippen LogP contribution >= 0.6 is 12.4 Å². The minimum absolute atomic E-state index is 0. The Hall–Kier alpha value is -1.66. The van der Waals surface area contributed by atoms with Crippen LogP contribution in [0, 0.1) is 0 Å². The average Bonchev–Trinajstić information content (AvgIpc) is 2.58. The van der Waals surface area contributed by atoms with Gasteiger partial charge in [-0.3, -0.25) is 4.79 Å². The van der Waals surface area contributed by atoms with Crippen molar-refractivity contribution < 1.29 is 19.0 Å². The SMILES string of the molecule is CCOc1cc(C(=O)NC2(C)CCNCC2)cc(OCC)c1OCC.Cl. The number of ether oxygens (including phenoxy) is 3. The predicted octanol–water partition coefficient (Wildman–Crippen LogP) is 3.18.